The van der Waals surface area contributed by atoms with Crippen molar-refractivity contribution in [2.75, 3.05) is 0 Å². The second-order valence-electron chi connectivity index (χ2n) is 20.6. The molecule has 0 aliphatic heterocycles. The molecule has 0 N–H and O–H groups in total. The molecule has 1 radical (unpaired) electrons. The van der Waals surface area contributed by atoms with Crippen molar-refractivity contribution in [3.8, 4) is 39.7 Å². The van der Waals surface area contributed by atoms with Gasteiger partial charge in [0.05, 0.1) is 22.4 Å². The molecule has 0 spiro atoms. The van der Waals surface area contributed by atoms with Gasteiger partial charge in [-0.05, 0) is 109 Å². The molecule has 9 aromatic carbocycles. The van der Waals surface area contributed by atoms with Gasteiger partial charge in [0.15, 0.2) is 0 Å². The summed E-state index contributed by atoms with van der Waals surface area (Å²) >= 11 is 0. The van der Waals surface area contributed by atoms with E-state index in [4.69, 9.17) is 17.9 Å². The van der Waals surface area contributed by atoms with E-state index in [-0.39, 0.29) is 37.4 Å². The Morgan fingerprint density at radius 2 is 1.30 bits per heavy atom. The van der Waals surface area contributed by atoms with Crippen LogP contribution in [0.4, 0.5) is 0 Å². The summed E-state index contributed by atoms with van der Waals surface area (Å²) in [5, 5.41) is 10.4. The second-order valence-corrected chi connectivity index (χ2v) is 20.6. The van der Waals surface area contributed by atoms with Gasteiger partial charge in [-0.2, -0.15) is 0 Å². The van der Waals surface area contributed by atoms with Crippen LogP contribution in [0.2, 0.25) is 0 Å². The monoisotopic (exact) mass is 1130 g/mol. The number of hydrogen-bond acceptors (Lipinski definition) is 4. The van der Waals surface area contributed by atoms with Crippen molar-refractivity contribution in [3.05, 3.63) is 210 Å². The predicted octanol–water partition coefficient (Wildman–Crippen LogP) is 18.7. The van der Waals surface area contributed by atoms with E-state index < -0.39 is 6.85 Å². The third-order valence-corrected chi connectivity index (χ3v) is 14.1. The molecule has 0 saturated carbocycles. The van der Waals surface area contributed by atoms with E-state index in [1.807, 2.05) is 36.5 Å². The fourth-order valence-corrected chi connectivity index (χ4v) is 10.3. The van der Waals surface area contributed by atoms with E-state index in [1.54, 1.807) is 12.1 Å². The molecule has 13 aromatic rings. The summed E-state index contributed by atoms with van der Waals surface area (Å²) in [7, 11) is 0. The SMILES string of the molecule is CC(C)c1cc(-c2cc3ccccc3o2)cc(C(C)C)c1-n1c(-c2[c-]ccc3c2oc2cc4c(ccc5ccccc54)cc23)nc2ccc3ccccc3c21.[2H]C([2H])([2H])c1c[c-]c(-c2ccc(C(C)(C)C)cn2)cc1.[Ir]. The van der Waals surface area contributed by atoms with Gasteiger partial charge in [-0.1, -0.05) is 163 Å². The van der Waals surface area contributed by atoms with Crippen molar-refractivity contribution in [1.82, 2.24) is 14.5 Å². The molecule has 4 heterocycles. The Kier molecular flexibility index (Phi) is 11.3. The number of hydrogen-bond donors (Lipinski definition) is 0. The average Bonchev–Trinajstić information content (AvgIpc) is 4.22. The van der Waals surface area contributed by atoms with E-state index in [0.29, 0.717) is 5.56 Å². The smallest absolute Gasteiger partial charge is 0.135 e. The van der Waals surface area contributed by atoms with Gasteiger partial charge in [0.25, 0.3) is 0 Å². The third kappa shape index (κ3) is 8.53. The van der Waals surface area contributed by atoms with Crippen molar-refractivity contribution in [2.45, 2.75) is 72.6 Å². The number of imidazole rings is 1. The number of furan rings is 2. The van der Waals surface area contributed by atoms with Crippen LogP contribution in [0.25, 0.3) is 116 Å². The van der Waals surface area contributed by atoms with E-state index >= 15 is 0 Å². The molecular weight excluding hydrogens is 1070 g/mol. The fraction of sp³-hybridized carbons (Fsp3) is 0.164. The van der Waals surface area contributed by atoms with Crippen molar-refractivity contribution < 1.29 is 33.1 Å². The van der Waals surface area contributed by atoms with Gasteiger partial charge < -0.3 is 18.4 Å². The quantitative estimate of drug-likeness (QED) is 0.123. The standard InChI is InChI=1S/C51H37N2O2.C16H18N.Ir/c1-29(2)40-25-35(46-27-34-14-7-10-19-45(34)54-46)26-41(30(3)4)48(40)53-49-37-16-9-6-13-32(37)22-23-44(49)52-51(53)39-18-11-17-38-43-24-33-21-20-31-12-5-8-15-36(31)42(33)28-47(43)55-50(38)39;1-12-5-7-13(8-6-12)15-10-9-14(11-17-15)16(2,3)4;/h5-17,19-30H,1-4H3;5-7,9-11H,1-4H3;/q2*-1;/i;1D3;. The summed E-state index contributed by atoms with van der Waals surface area (Å²) in [5.41, 5.74) is 13.2. The van der Waals surface area contributed by atoms with Crippen molar-refractivity contribution in [3.63, 3.8) is 0 Å². The average molecular weight is 1130 g/mol. The van der Waals surface area contributed by atoms with Gasteiger partial charge in [0.2, 0.25) is 0 Å². The molecule has 5 nitrogen and oxygen atoms in total. The number of nitrogens with zero attached hydrogens (tertiary/aromatic N) is 3. The van der Waals surface area contributed by atoms with Crippen LogP contribution >= 0.6 is 0 Å². The van der Waals surface area contributed by atoms with Crippen LogP contribution in [0, 0.1) is 19.0 Å². The Hall–Kier alpha value is -7.63. The number of pyridine rings is 1. The van der Waals surface area contributed by atoms with Crippen molar-refractivity contribution >= 4 is 76.3 Å². The number of rotatable bonds is 6. The predicted molar refractivity (Wildman–Crippen MR) is 300 cm³/mol. The Labute approximate surface area is 444 Å². The minimum absolute atomic E-state index is 0. The molecule has 4 aromatic heterocycles. The molecule has 0 unspecified atom stereocenters. The number of aryl methyl sites for hydroxylation is 1. The summed E-state index contributed by atoms with van der Waals surface area (Å²) in [6, 6.07) is 65.1. The second kappa shape index (κ2) is 18.8. The fourth-order valence-electron chi connectivity index (χ4n) is 10.3. The first-order valence-corrected chi connectivity index (χ1v) is 24.8. The molecule has 0 bridgehead atoms. The summed E-state index contributed by atoms with van der Waals surface area (Å²) in [6.45, 7) is 13.5. The summed E-state index contributed by atoms with van der Waals surface area (Å²) in [6.07, 6.45) is 1.86. The summed E-state index contributed by atoms with van der Waals surface area (Å²) in [5.74, 6) is 2.08. The van der Waals surface area contributed by atoms with E-state index in [1.165, 1.54) is 49.7 Å². The largest absolute Gasteiger partial charge is 0.501 e. The van der Waals surface area contributed by atoms with E-state index in [0.717, 1.165) is 89.0 Å². The number of aromatic nitrogens is 3. The van der Waals surface area contributed by atoms with Crippen molar-refractivity contribution in [2.24, 2.45) is 0 Å². The van der Waals surface area contributed by atoms with Gasteiger partial charge in [-0.3, -0.25) is 4.98 Å². The molecule has 0 amide bonds. The molecule has 0 aliphatic rings. The molecule has 6 heteroatoms. The van der Waals surface area contributed by atoms with Gasteiger partial charge >= 0.3 is 0 Å². The molecular formula is C67H55IrN3O2-2. The van der Waals surface area contributed by atoms with Crippen LogP contribution in [0.3, 0.4) is 0 Å². The number of fused-ring (bicyclic) bond motifs is 10. The molecule has 13 rings (SSSR count). The Balaban J connectivity index is 0.000000249. The molecule has 0 saturated heterocycles. The first-order chi connectivity index (χ1) is 36.1. The third-order valence-electron chi connectivity index (χ3n) is 14.1. The van der Waals surface area contributed by atoms with Gasteiger partial charge in [0, 0.05) is 57.8 Å². The number of para-hydroxylation sites is 1. The van der Waals surface area contributed by atoms with E-state index in [9.17, 15) is 0 Å². The summed E-state index contributed by atoms with van der Waals surface area (Å²) in [4.78, 5) is 9.92. The minimum Gasteiger partial charge on any atom is -0.501 e. The first kappa shape index (κ1) is 44.1. The van der Waals surface area contributed by atoms with Crippen LogP contribution in [0.15, 0.2) is 185 Å². The zero-order valence-corrected chi connectivity index (χ0v) is 44.3. The molecule has 73 heavy (non-hydrogen) atoms. The Morgan fingerprint density at radius 3 is 1.99 bits per heavy atom. The van der Waals surface area contributed by atoms with Crippen molar-refractivity contribution in [1.29, 1.82) is 0 Å². The molecule has 0 atom stereocenters. The van der Waals surface area contributed by atoms with Gasteiger partial charge in [0.1, 0.15) is 16.9 Å². The first-order valence-electron chi connectivity index (χ1n) is 26.3. The van der Waals surface area contributed by atoms with Crippen LogP contribution < -0.4 is 0 Å². The van der Waals surface area contributed by atoms with Crippen LogP contribution in [0.5, 0.6) is 0 Å². The van der Waals surface area contributed by atoms with Gasteiger partial charge in [-0.25, -0.2) is 0 Å². The zero-order valence-electron chi connectivity index (χ0n) is 44.9. The van der Waals surface area contributed by atoms with E-state index in [2.05, 4.69) is 191 Å². The Bertz CT molecular complexity index is 4210. The Morgan fingerprint density at radius 1 is 0.603 bits per heavy atom. The number of benzene rings is 9. The molecule has 361 valence electrons. The van der Waals surface area contributed by atoms with Crippen LogP contribution in [-0.2, 0) is 25.5 Å². The molecule has 0 aliphatic carbocycles. The normalized spacial score (nSPS) is 12.8. The zero-order chi connectivity index (χ0) is 51.9. The summed E-state index contributed by atoms with van der Waals surface area (Å²) < 4.78 is 37.8. The van der Waals surface area contributed by atoms with Crippen LogP contribution in [0.1, 0.15) is 86.7 Å². The maximum atomic E-state index is 7.34. The van der Waals surface area contributed by atoms with Gasteiger partial charge in [-0.15, -0.1) is 53.6 Å². The maximum absolute atomic E-state index is 7.34. The molecule has 0 fully saturated rings. The van der Waals surface area contributed by atoms with Crippen LogP contribution in [-0.4, -0.2) is 14.5 Å². The topological polar surface area (TPSA) is 57.0 Å². The minimum atomic E-state index is -2.08. The maximum Gasteiger partial charge on any atom is 0.135 e.